The van der Waals surface area contributed by atoms with E-state index in [1.807, 2.05) is 42.5 Å². The summed E-state index contributed by atoms with van der Waals surface area (Å²) in [6.07, 6.45) is 1.01. The fourth-order valence-corrected chi connectivity index (χ4v) is 4.76. The number of rotatable bonds is 8. The standard InChI is InChI=1S/C23H24ClN4O4P/c1-23(22(25)29)20(32-23)14-8-4-6-10-17(14)31-13-19-26-12-15(24)21(28-19)27-16-9-5-7-11-18(16)33(2,3)30/h4-12,20H,13H2,1-3H3,(H2,25,29)(H,26,27,28). The Morgan fingerprint density at radius 2 is 1.94 bits per heavy atom. The smallest absolute Gasteiger partial charge is 0.252 e. The van der Waals surface area contributed by atoms with E-state index in [1.165, 1.54) is 6.20 Å². The highest BCUT2D eigenvalue weighted by atomic mass is 35.5. The van der Waals surface area contributed by atoms with Crippen molar-refractivity contribution in [2.75, 3.05) is 18.6 Å². The van der Waals surface area contributed by atoms with Gasteiger partial charge in [-0.15, -0.1) is 0 Å². The largest absolute Gasteiger partial charge is 0.485 e. The Morgan fingerprint density at radius 1 is 1.24 bits per heavy atom. The maximum Gasteiger partial charge on any atom is 0.252 e. The van der Waals surface area contributed by atoms with E-state index in [2.05, 4.69) is 15.3 Å². The Labute approximate surface area is 196 Å². The monoisotopic (exact) mass is 486 g/mol. The SMILES string of the molecule is CC1(C(N)=O)OC1c1ccccc1OCc1ncc(Cl)c(Nc2ccccc2P(C)(C)=O)n1. The van der Waals surface area contributed by atoms with E-state index in [0.717, 1.165) is 5.56 Å². The van der Waals surface area contributed by atoms with Gasteiger partial charge >= 0.3 is 0 Å². The second kappa shape index (κ2) is 8.78. The molecule has 1 aliphatic rings. The van der Waals surface area contributed by atoms with Crippen LogP contribution in [0.25, 0.3) is 0 Å². The molecule has 0 radical (unpaired) electrons. The fourth-order valence-electron chi connectivity index (χ4n) is 3.47. The predicted octanol–water partition coefficient (Wildman–Crippen LogP) is 4.02. The van der Waals surface area contributed by atoms with E-state index in [0.29, 0.717) is 33.4 Å². The molecule has 0 aliphatic carbocycles. The number of amides is 1. The highest BCUT2D eigenvalue weighted by molar-refractivity contribution is 7.70. The van der Waals surface area contributed by atoms with E-state index in [9.17, 15) is 9.36 Å². The topological polar surface area (TPSA) is 120 Å². The molecule has 3 aromatic rings. The molecule has 33 heavy (non-hydrogen) atoms. The minimum Gasteiger partial charge on any atom is -0.485 e. The van der Waals surface area contributed by atoms with E-state index >= 15 is 0 Å². The number of aromatic nitrogens is 2. The van der Waals surface area contributed by atoms with Crippen molar-refractivity contribution in [2.45, 2.75) is 25.2 Å². The molecule has 2 aromatic carbocycles. The first-order valence-corrected chi connectivity index (χ1v) is 13.2. The number of carbonyl (C=O) groups is 1. The molecule has 1 fully saturated rings. The molecule has 1 amide bonds. The van der Waals surface area contributed by atoms with Crippen LogP contribution in [-0.2, 0) is 20.7 Å². The third-order valence-electron chi connectivity index (χ3n) is 5.38. The molecule has 1 aliphatic heterocycles. The van der Waals surface area contributed by atoms with Crippen LogP contribution in [0.3, 0.4) is 0 Å². The van der Waals surface area contributed by atoms with Gasteiger partial charge in [-0.05, 0) is 38.5 Å². The van der Waals surface area contributed by atoms with Crippen molar-refractivity contribution < 1.29 is 18.8 Å². The zero-order chi connectivity index (χ0) is 23.8. The number of epoxide rings is 1. The Balaban J connectivity index is 1.53. The number of ether oxygens (including phenoxy) is 2. The normalized spacial score (nSPS) is 19.7. The Bertz CT molecular complexity index is 1260. The molecular formula is C23H24ClN4O4P. The summed E-state index contributed by atoms with van der Waals surface area (Å²) < 4.78 is 24.1. The summed E-state index contributed by atoms with van der Waals surface area (Å²) in [5, 5.41) is 4.19. The predicted molar refractivity (Wildman–Crippen MR) is 128 cm³/mol. The maximum atomic E-state index is 12.7. The number of para-hydroxylation sites is 2. The minimum atomic E-state index is -2.52. The molecule has 0 spiro atoms. The van der Waals surface area contributed by atoms with Gasteiger partial charge in [0.05, 0.1) is 11.9 Å². The average molecular weight is 487 g/mol. The van der Waals surface area contributed by atoms with Gasteiger partial charge in [0.25, 0.3) is 5.91 Å². The molecule has 4 rings (SSSR count). The lowest BCUT2D eigenvalue weighted by Gasteiger charge is -2.16. The van der Waals surface area contributed by atoms with Crippen molar-refractivity contribution in [2.24, 2.45) is 5.73 Å². The molecule has 3 N–H and O–H groups in total. The van der Waals surface area contributed by atoms with Gasteiger partial charge in [-0.25, -0.2) is 9.97 Å². The third-order valence-corrected chi connectivity index (χ3v) is 7.21. The number of anilines is 2. The van der Waals surface area contributed by atoms with Gasteiger partial charge in [0.15, 0.2) is 17.2 Å². The molecule has 2 atom stereocenters. The lowest BCUT2D eigenvalue weighted by atomic mass is 10.00. The number of benzene rings is 2. The molecule has 10 heteroatoms. The van der Waals surface area contributed by atoms with Crippen molar-refractivity contribution in [1.82, 2.24) is 9.97 Å². The number of primary amides is 1. The molecular weight excluding hydrogens is 463 g/mol. The zero-order valence-corrected chi connectivity index (χ0v) is 20.1. The molecule has 0 bridgehead atoms. The second-order valence-electron chi connectivity index (χ2n) is 8.27. The Hall–Kier alpha value is -2.93. The highest BCUT2D eigenvalue weighted by Gasteiger charge is 2.59. The number of nitrogens with zero attached hydrogens (tertiary/aromatic N) is 2. The van der Waals surface area contributed by atoms with Gasteiger partial charge in [0.2, 0.25) is 0 Å². The van der Waals surface area contributed by atoms with E-state index in [-0.39, 0.29) is 6.61 Å². The number of halogens is 1. The van der Waals surface area contributed by atoms with Crippen LogP contribution in [0.4, 0.5) is 11.5 Å². The summed E-state index contributed by atoms with van der Waals surface area (Å²) in [5.41, 5.74) is 5.79. The number of carbonyl (C=O) groups excluding carboxylic acids is 1. The van der Waals surface area contributed by atoms with Crippen molar-refractivity contribution in [3.05, 3.63) is 71.1 Å². The number of nitrogens with one attached hydrogen (secondary N) is 1. The molecule has 0 saturated carbocycles. The van der Waals surface area contributed by atoms with Gasteiger partial charge in [-0.3, -0.25) is 4.79 Å². The summed E-state index contributed by atoms with van der Waals surface area (Å²) >= 11 is 6.31. The van der Waals surface area contributed by atoms with Crippen LogP contribution in [0.5, 0.6) is 5.75 Å². The minimum absolute atomic E-state index is 0.0601. The van der Waals surface area contributed by atoms with Crippen molar-refractivity contribution in [1.29, 1.82) is 0 Å². The summed E-state index contributed by atoms with van der Waals surface area (Å²) in [5.74, 6) is 0.790. The molecule has 8 nitrogen and oxygen atoms in total. The number of nitrogens with two attached hydrogens (primary N) is 1. The highest BCUT2D eigenvalue weighted by Crippen LogP contribution is 2.51. The molecule has 172 valence electrons. The zero-order valence-electron chi connectivity index (χ0n) is 18.4. The first-order valence-electron chi connectivity index (χ1n) is 10.2. The Kier molecular flexibility index (Phi) is 6.18. The van der Waals surface area contributed by atoms with Crippen LogP contribution in [0.15, 0.2) is 54.7 Å². The second-order valence-corrected chi connectivity index (χ2v) is 11.9. The van der Waals surface area contributed by atoms with Crippen LogP contribution in [0.2, 0.25) is 5.02 Å². The van der Waals surface area contributed by atoms with Crippen molar-refractivity contribution in [3.8, 4) is 5.75 Å². The van der Waals surface area contributed by atoms with Gasteiger partial charge < -0.3 is 25.1 Å². The summed E-state index contributed by atoms with van der Waals surface area (Å²) in [6, 6.07) is 14.6. The number of hydrogen-bond donors (Lipinski definition) is 2. The van der Waals surface area contributed by atoms with Crippen LogP contribution in [0.1, 0.15) is 24.4 Å². The van der Waals surface area contributed by atoms with Crippen LogP contribution in [-0.4, -0.2) is 34.8 Å². The first-order chi connectivity index (χ1) is 15.6. The quantitative estimate of drug-likeness (QED) is 0.364. The fraction of sp³-hybridized carbons (Fsp3) is 0.261. The average Bonchev–Trinajstić information content (AvgIpc) is 3.47. The van der Waals surface area contributed by atoms with Crippen LogP contribution >= 0.6 is 18.7 Å². The summed E-state index contributed by atoms with van der Waals surface area (Å²) in [7, 11) is -2.52. The first kappa shape index (κ1) is 23.2. The van der Waals surface area contributed by atoms with E-state index in [1.54, 1.807) is 26.3 Å². The maximum absolute atomic E-state index is 12.7. The molecule has 1 saturated heterocycles. The van der Waals surface area contributed by atoms with Crippen molar-refractivity contribution >= 4 is 41.5 Å². The molecule has 2 unspecified atom stereocenters. The molecule has 1 aromatic heterocycles. The van der Waals surface area contributed by atoms with Crippen molar-refractivity contribution in [3.63, 3.8) is 0 Å². The van der Waals surface area contributed by atoms with Gasteiger partial charge in [-0.1, -0.05) is 41.9 Å². The van der Waals surface area contributed by atoms with Gasteiger partial charge in [0.1, 0.15) is 30.6 Å². The summed E-state index contributed by atoms with van der Waals surface area (Å²) in [6.45, 7) is 5.13. The van der Waals surface area contributed by atoms with Crippen LogP contribution in [0, 0.1) is 0 Å². The lowest BCUT2D eigenvalue weighted by Crippen LogP contribution is -2.29. The lowest BCUT2D eigenvalue weighted by molar-refractivity contribution is -0.122. The van der Waals surface area contributed by atoms with Gasteiger partial charge in [-0.2, -0.15) is 0 Å². The van der Waals surface area contributed by atoms with Gasteiger partial charge in [0, 0.05) is 10.9 Å². The third kappa shape index (κ3) is 4.88. The van der Waals surface area contributed by atoms with Crippen LogP contribution < -0.4 is 21.1 Å². The Morgan fingerprint density at radius 3 is 2.64 bits per heavy atom. The molecule has 2 heterocycles. The van der Waals surface area contributed by atoms with E-state index in [4.69, 9.17) is 26.8 Å². The van der Waals surface area contributed by atoms with E-state index < -0.39 is 24.8 Å². The number of hydrogen-bond acceptors (Lipinski definition) is 7. The summed E-state index contributed by atoms with van der Waals surface area (Å²) in [4.78, 5) is 20.4.